The van der Waals surface area contributed by atoms with Crippen LogP contribution in [0.3, 0.4) is 0 Å². The first kappa shape index (κ1) is 14.8. The second-order valence-electron chi connectivity index (χ2n) is 3.37. The molecule has 0 heterocycles. The molecule has 0 aliphatic carbocycles. The van der Waals surface area contributed by atoms with Gasteiger partial charge in [-0.25, -0.2) is 9.59 Å². The lowest BCUT2D eigenvalue weighted by molar-refractivity contribution is 0.0697. The van der Waals surface area contributed by atoms with Gasteiger partial charge in [0, 0.05) is 16.8 Å². The Balaban J connectivity index is 2.62. The highest BCUT2D eigenvalue weighted by molar-refractivity contribution is 9.10. The first-order chi connectivity index (χ1) is 8.54. The molecule has 0 aliphatic heterocycles. The fourth-order valence-electron chi connectivity index (χ4n) is 1.18. The molecule has 7 heteroatoms. The Hall–Kier alpha value is -1.21. The number of amides is 2. The summed E-state index contributed by atoms with van der Waals surface area (Å²) in [5.41, 5.74) is 0.692. The lowest BCUT2D eigenvalue weighted by Crippen LogP contribution is -2.30. The van der Waals surface area contributed by atoms with Crippen molar-refractivity contribution in [3.05, 3.63) is 28.2 Å². The molecule has 0 saturated heterocycles. The van der Waals surface area contributed by atoms with Crippen LogP contribution in [0.2, 0.25) is 0 Å². The molecular formula is C11H13BrN2O3S. The number of carboxylic acid groups (broad SMARTS) is 1. The summed E-state index contributed by atoms with van der Waals surface area (Å²) < 4.78 is 0.530. The van der Waals surface area contributed by atoms with E-state index >= 15 is 0 Å². The summed E-state index contributed by atoms with van der Waals surface area (Å²) in [5.74, 6) is -0.168. The second kappa shape index (κ2) is 7.27. The molecular weight excluding hydrogens is 320 g/mol. The molecule has 0 atom stereocenters. The van der Waals surface area contributed by atoms with Gasteiger partial charge < -0.3 is 15.7 Å². The highest BCUT2D eigenvalue weighted by Gasteiger charge is 2.08. The molecule has 2 amide bonds. The Labute approximate surface area is 117 Å². The van der Waals surface area contributed by atoms with E-state index in [2.05, 4.69) is 26.6 Å². The van der Waals surface area contributed by atoms with E-state index < -0.39 is 5.97 Å². The molecule has 0 saturated carbocycles. The largest absolute Gasteiger partial charge is 0.478 e. The van der Waals surface area contributed by atoms with Crippen molar-refractivity contribution in [1.29, 1.82) is 0 Å². The van der Waals surface area contributed by atoms with Gasteiger partial charge in [-0.3, -0.25) is 0 Å². The quantitative estimate of drug-likeness (QED) is 0.724. The van der Waals surface area contributed by atoms with E-state index in [9.17, 15) is 9.59 Å². The van der Waals surface area contributed by atoms with Gasteiger partial charge >= 0.3 is 12.0 Å². The number of nitrogens with one attached hydrogen (secondary N) is 2. The average molecular weight is 333 g/mol. The van der Waals surface area contributed by atoms with Gasteiger partial charge in [0.05, 0.1) is 11.3 Å². The molecule has 98 valence electrons. The number of carboxylic acids is 1. The highest BCUT2D eigenvalue weighted by atomic mass is 79.9. The lowest BCUT2D eigenvalue weighted by atomic mass is 10.2. The van der Waals surface area contributed by atoms with Crippen LogP contribution < -0.4 is 10.6 Å². The minimum Gasteiger partial charge on any atom is -0.478 e. The fraction of sp³-hybridized carbons (Fsp3) is 0.273. The van der Waals surface area contributed by atoms with E-state index in [4.69, 9.17) is 5.11 Å². The number of anilines is 1. The third-order valence-electron chi connectivity index (χ3n) is 2.06. The molecule has 0 radical (unpaired) electrons. The van der Waals surface area contributed by atoms with E-state index in [-0.39, 0.29) is 11.6 Å². The third kappa shape index (κ3) is 4.58. The van der Waals surface area contributed by atoms with Crippen molar-refractivity contribution >= 4 is 45.4 Å². The minimum atomic E-state index is -1.01. The average Bonchev–Trinajstić information content (AvgIpc) is 2.32. The maximum Gasteiger partial charge on any atom is 0.335 e. The van der Waals surface area contributed by atoms with Crippen molar-refractivity contribution < 1.29 is 14.7 Å². The number of carbonyl (C=O) groups is 2. The first-order valence-corrected chi connectivity index (χ1v) is 7.30. The third-order valence-corrected chi connectivity index (χ3v) is 3.32. The predicted molar refractivity (Wildman–Crippen MR) is 76.5 cm³/mol. The normalized spacial score (nSPS) is 9.89. The summed E-state index contributed by atoms with van der Waals surface area (Å²) in [6.07, 6.45) is 1.96. The number of thioether (sulfide) groups is 1. The number of hydrogen-bond acceptors (Lipinski definition) is 3. The zero-order valence-corrected chi connectivity index (χ0v) is 12.1. The van der Waals surface area contributed by atoms with Crippen LogP contribution in [0.4, 0.5) is 10.5 Å². The number of hydrogen-bond donors (Lipinski definition) is 3. The molecule has 18 heavy (non-hydrogen) atoms. The standard InChI is InChI=1S/C11H13BrN2O3S/c1-18-5-4-13-11(17)14-9-3-2-7(10(15)16)6-8(9)12/h2-3,6H,4-5H2,1H3,(H,15,16)(H2,13,14,17). The topological polar surface area (TPSA) is 78.4 Å². The van der Waals surface area contributed by atoms with Crippen molar-refractivity contribution in [3.8, 4) is 0 Å². The fourth-order valence-corrected chi connectivity index (χ4v) is 1.97. The molecule has 1 aromatic carbocycles. The zero-order chi connectivity index (χ0) is 13.5. The molecule has 0 aromatic heterocycles. The summed E-state index contributed by atoms with van der Waals surface area (Å²) in [7, 11) is 0. The van der Waals surface area contributed by atoms with E-state index in [1.165, 1.54) is 12.1 Å². The Kier molecular flexibility index (Phi) is 6.00. The van der Waals surface area contributed by atoms with Crippen molar-refractivity contribution in [1.82, 2.24) is 5.32 Å². The van der Waals surface area contributed by atoms with Crippen LogP contribution >= 0.6 is 27.7 Å². The van der Waals surface area contributed by atoms with E-state index in [0.29, 0.717) is 16.7 Å². The number of rotatable bonds is 5. The van der Waals surface area contributed by atoms with Gasteiger partial charge in [-0.1, -0.05) is 0 Å². The second-order valence-corrected chi connectivity index (χ2v) is 5.21. The smallest absolute Gasteiger partial charge is 0.335 e. The van der Waals surface area contributed by atoms with Crippen LogP contribution in [0.15, 0.2) is 22.7 Å². The summed E-state index contributed by atoms with van der Waals surface area (Å²) in [6, 6.07) is 4.11. The van der Waals surface area contributed by atoms with Gasteiger partial charge in [-0.05, 0) is 40.4 Å². The van der Waals surface area contributed by atoms with Crippen molar-refractivity contribution in [2.45, 2.75) is 0 Å². The number of carbonyl (C=O) groups excluding carboxylic acids is 1. The Bertz CT molecular complexity index is 454. The number of halogens is 1. The van der Waals surface area contributed by atoms with Gasteiger partial charge in [0.15, 0.2) is 0 Å². The zero-order valence-electron chi connectivity index (χ0n) is 9.70. The Morgan fingerprint density at radius 2 is 2.17 bits per heavy atom. The van der Waals surface area contributed by atoms with E-state index in [1.807, 2.05) is 6.26 Å². The molecule has 3 N–H and O–H groups in total. The van der Waals surface area contributed by atoms with Gasteiger partial charge in [0.2, 0.25) is 0 Å². The summed E-state index contributed by atoms with van der Waals surface area (Å²) in [6.45, 7) is 0.581. The van der Waals surface area contributed by atoms with Crippen molar-refractivity contribution in [2.75, 3.05) is 23.9 Å². The minimum absolute atomic E-state index is 0.162. The van der Waals surface area contributed by atoms with Crippen LogP contribution in [0.25, 0.3) is 0 Å². The van der Waals surface area contributed by atoms with E-state index in [1.54, 1.807) is 17.8 Å². The van der Waals surface area contributed by atoms with Gasteiger partial charge in [-0.2, -0.15) is 11.8 Å². The van der Waals surface area contributed by atoms with Crippen LogP contribution in [-0.4, -0.2) is 35.7 Å². The first-order valence-electron chi connectivity index (χ1n) is 5.11. The highest BCUT2D eigenvalue weighted by Crippen LogP contribution is 2.23. The number of aromatic carboxylic acids is 1. The summed E-state index contributed by atoms with van der Waals surface area (Å²) in [4.78, 5) is 22.2. The number of benzene rings is 1. The molecule has 1 aromatic rings. The van der Waals surface area contributed by atoms with Gasteiger partial charge in [0.1, 0.15) is 0 Å². The molecule has 0 spiro atoms. The maximum absolute atomic E-state index is 11.5. The molecule has 5 nitrogen and oxygen atoms in total. The van der Waals surface area contributed by atoms with E-state index in [0.717, 1.165) is 5.75 Å². The number of urea groups is 1. The van der Waals surface area contributed by atoms with Crippen LogP contribution in [0.1, 0.15) is 10.4 Å². The van der Waals surface area contributed by atoms with Crippen molar-refractivity contribution in [2.24, 2.45) is 0 Å². The molecule has 0 unspecified atom stereocenters. The summed E-state index contributed by atoms with van der Waals surface area (Å²) >= 11 is 4.86. The van der Waals surface area contributed by atoms with Gasteiger partial charge in [-0.15, -0.1) is 0 Å². The SMILES string of the molecule is CSCCNC(=O)Nc1ccc(C(=O)O)cc1Br. The van der Waals surface area contributed by atoms with Crippen LogP contribution in [0.5, 0.6) is 0 Å². The lowest BCUT2D eigenvalue weighted by Gasteiger charge is -2.09. The Morgan fingerprint density at radius 3 is 2.72 bits per heavy atom. The molecule has 0 aliphatic rings. The molecule has 0 bridgehead atoms. The molecule has 1 rings (SSSR count). The van der Waals surface area contributed by atoms with Crippen molar-refractivity contribution in [3.63, 3.8) is 0 Å². The predicted octanol–water partition coefficient (Wildman–Crippen LogP) is 2.63. The maximum atomic E-state index is 11.5. The summed E-state index contributed by atoms with van der Waals surface area (Å²) in [5, 5.41) is 14.1. The van der Waals surface area contributed by atoms with Gasteiger partial charge in [0.25, 0.3) is 0 Å². The Morgan fingerprint density at radius 1 is 1.44 bits per heavy atom. The van der Waals surface area contributed by atoms with Crippen LogP contribution in [-0.2, 0) is 0 Å². The van der Waals surface area contributed by atoms with Crippen LogP contribution in [0, 0.1) is 0 Å². The molecule has 0 fully saturated rings. The monoisotopic (exact) mass is 332 g/mol.